The largest absolute Gasteiger partial charge is 0.748 e. The summed E-state index contributed by atoms with van der Waals surface area (Å²) in [6, 6.07) is 31.7. The first kappa shape index (κ1) is 45.3. The minimum atomic E-state index is -4.41. The highest BCUT2D eigenvalue weighted by molar-refractivity contribution is 8.03. The molecule has 8 rings (SSSR count). The minimum absolute atomic E-state index is 0.173. The molecule has 3 aliphatic rings. The second-order valence-corrected chi connectivity index (χ2v) is 22.0. The van der Waals surface area contributed by atoms with Crippen molar-refractivity contribution in [1.82, 2.24) is 0 Å². The molecule has 0 aromatic heterocycles. The molecule has 1 aliphatic carbocycles. The Bertz CT molecular complexity index is 3090. The van der Waals surface area contributed by atoms with Crippen molar-refractivity contribution in [3.8, 4) is 0 Å². The van der Waals surface area contributed by atoms with Gasteiger partial charge in [0.05, 0.1) is 26.8 Å². The summed E-state index contributed by atoms with van der Waals surface area (Å²) < 4.78 is 70.8. The van der Waals surface area contributed by atoms with Crippen LogP contribution in [0.4, 0.5) is 11.4 Å². The van der Waals surface area contributed by atoms with Crippen molar-refractivity contribution < 1.29 is 40.4 Å². The number of nitrogens with zero attached hydrogens (tertiary/aromatic N) is 2. The van der Waals surface area contributed by atoms with Gasteiger partial charge in [-0.2, -0.15) is 13.0 Å². The number of carbonyl (C=O) groups is 1. The summed E-state index contributed by atoms with van der Waals surface area (Å²) in [5, 5.41) is 14.1. The third kappa shape index (κ3) is 9.14. The van der Waals surface area contributed by atoms with Crippen LogP contribution in [0.15, 0.2) is 148 Å². The molecule has 0 saturated heterocycles. The third-order valence-corrected chi connectivity index (χ3v) is 15.6. The maximum Gasteiger partial charge on any atom is 0.335 e. The lowest BCUT2D eigenvalue weighted by Gasteiger charge is -2.28. The zero-order valence-electron chi connectivity index (χ0n) is 36.4. The highest BCUT2D eigenvalue weighted by Crippen LogP contribution is 2.51. The number of aromatic carboxylic acids is 1. The van der Waals surface area contributed by atoms with E-state index in [9.17, 15) is 35.8 Å². The van der Waals surface area contributed by atoms with Gasteiger partial charge in [-0.05, 0) is 120 Å². The molecule has 5 aromatic rings. The summed E-state index contributed by atoms with van der Waals surface area (Å²) in [6.45, 7) is 9.47. The minimum Gasteiger partial charge on any atom is -0.748 e. The Morgan fingerprint density at radius 1 is 0.781 bits per heavy atom. The first-order chi connectivity index (χ1) is 30.3. The van der Waals surface area contributed by atoms with Crippen molar-refractivity contribution in [2.45, 2.75) is 75.5 Å². The molecular weight excluding hydrogens is 865 g/mol. The van der Waals surface area contributed by atoms with E-state index in [1.165, 1.54) is 0 Å². The van der Waals surface area contributed by atoms with Crippen LogP contribution in [0.3, 0.4) is 0 Å². The van der Waals surface area contributed by atoms with E-state index in [4.69, 9.17) is 0 Å². The molecule has 0 fully saturated rings. The number of benzene rings is 5. The Kier molecular flexibility index (Phi) is 12.4. The number of rotatable bonds is 14. The second-order valence-electron chi connectivity index (χ2n) is 17.8. The zero-order valence-corrected chi connectivity index (χ0v) is 38.8. The van der Waals surface area contributed by atoms with Crippen LogP contribution in [0.5, 0.6) is 0 Å². The molecule has 13 heteroatoms. The zero-order chi connectivity index (χ0) is 45.6. The van der Waals surface area contributed by atoms with Gasteiger partial charge in [-0.25, -0.2) is 13.2 Å². The number of hydrogen-bond donors (Lipinski definition) is 2. The lowest BCUT2D eigenvalue weighted by atomic mass is 9.78. The molecule has 0 atom stereocenters. The lowest BCUT2D eigenvalue weighted by Crippen LogP contribution is -2.28. The number of carboxylic acid groups (broad SMARTS) is 1. The van der Waals surface area contributed by atoms with E-state index < -0.39 is 42.8 Å². The van der Waals surface area contributed by atoms with Gasteiger partial charge < -0.3 is 14.6 Å². The van der Waals surface area contributed by atoms with Crippen LogP contribution in [0.1, 0.15) is 81.3 Å². The molecule has 0 spiro atoms. The Morgan fingerprint density at radius 2 is 1.44 bits per heavy atom. The van der Waals surface area contributed by atoms with Gasteiger partial charge in [0.1, 0.15) is 6.54 Å². The van der Waals surface area contributed by atoms with Gasteiger partial charge in [-0.15, -0.1) is 0 Å². The molecule has 2 aliphatic heterocycles. The van der Waals surface area contributed by atoms with Crippen LogP contribution in [-0.2, 0) is 31.1 Å². The first-order valence-corrected chi connectivity index (χ1v) is 25.5. The van der Waals surface area contributed by atoms with Crippen LogP contribution in [0, 0.1) is 0 Å². The van der Waals surface area contributed by atoms with Crippen molar-refractivity contribution in [3.63, 3.8) is 0 Å². The summed E-state index contributed by atoms with van der Waals surface area (Å²) in [5.41, 5.74) is 7.72. The Balaban J connectivity index is 1.25. The van der Waals surface area contributed by atoms with Crippen LogP contribution in [0.2, 0.25) is 0 Å². The smallest absolute Gasteiger partial charge is 0.335 e. The monoisotopic (exact) mass is 916 g/mol. The number of anilines is 1. The molecule has 332 valence electrons. The van der Waals surface area contributed by atoms with E-state index >= 15 is 0 Å². The highest BCUT2D eigenvalue weighted by atomic mass is 32.2. The summed E-state index contributed by atoms with van der Waals surface area (Å²) >= 11 is 1.58. The van der Waals surface area contributed by atoms with E-state index in [0.717, 1.165) is 95.7 Å². The third-order valence-electron chi connectivity index (χ3n) is 12.7. The molecule has 2 heterocycles. The molecule has 10 nitrogen and oxygen atoms in total. The van der Waals surface area contributed by atoms with Crippen LogP contribution < -0.4 is 4.90 Å². The second kappa shape index (κ2) is 17.6. The molecule has 5 aromatic carbocycles. The van der Waals surface area contributed by atoms with E-state index in [-0.39, 0.29) is 24.2 Å². The topological polar surface area (TPSA) is 155 Å². The normalized spacial score (nSPS) is 18.6. The highest BCUT2D eigenvalue weighted by Gasteiger charge is 2.46. The molecule has 0 bridgehead atoms. The predicted octanol–water partition coefficient (Wildman–Crippen LogP) is 10.7. The van der Waals surface area contributed by atoms with Gasteiger partial charge in [0.2, 0.25) is 5.69 Å². The van der Waals surface area contributed by atoms with E-state index in [0.29, 0.717) is 13.1 Å². The van der Waals surface area contributed by atoms with Gasteiger partial charge in [0.25, 0.3) is 10.1 Å². The van der Waals surface area contributed by atoms with Gasteiger partial charge in [0.15, 0.2) is 5.71 Å². The number of fused-ring (bicyclic) bond motifs is 6. The van der Waals surface area contributed by atoms with Gasteiger partial charge in [-0.1, -0.05) is 92.4 Å². The van der Waals surface area contributed by atoms with Crippen molar-refractivity contribution >= 4 is 76.6 Å². The Hall–Kier alpha value is -5.31. The fourth-order valence-corrected chi connectivity index (χ4v) is 11.9. The molecule has 0 unspecified atom stereocenters. The van der Waals surface area contributed by atoms with Crippen LogP contribution >= 0.6 is 11.8 Å². The summed E-state index contributed by atoms with van der Waals surface area (Å²) in [5.74, 6) is -1.82. The fourth-order valence-electron chi connectivity index (χ4n) is 9.85. The number of hydrogen-bond acceptors (Lipinski definition) is 8. The summed E-state index contributed by atoms with van der Waals surface area (Å²) in [7, 11) is -8.57. The molecular formula is C51H52N2O8S3. The number of thioether (sulfide) groups is 1. The van der Waals surface area contributed by atoms with Gasteiger partial charge >= 0.3 is 5.97 Å². The fraction of sp³-hybridized carbons (Fsp3) is 0.294. The SMILES string of the molecule is CC1(C)C(/C=C/C2=C(Sc3ccc(C(=O)O)cc3)C(=C/C=C3/N(CCCS(=O)(=O)[O-])c4ccc5ccccc5c4C3(C)C)/CCC2)=[N+](CCCS(=O)(=O)O)c2ccc3ccccc3c21. The maximum absolute atomic E-state index is 11.9. The van der Waals surface area contributed by atoms with Crippen molar-refractivity contribution in [2.24, 2.45) is 0 Å². The van der Waals surface area contributed by atoms with Crippen molar-refractivity contribution in [1.29, 1.82) is 0 Å². The van der Waals surface area contributed by atoms with Gasteiger partial charge in [-0.3, -0.25) is 4.55 Å². The van der Waals surface area contributed by atoms with E-state index in [1.807, 2.05) is 36.4 Å². The van der Waals surface area contributed by atoms with Crippen molar-refractivity contribution in [3.05, 3.63) is 160 Å². The van der Waals surface area contributed by atoms with Crippen LogP contribution in [0.25, 0.3) is 21.5 Å². The lowest BCUT2D eigenvalue weighted by molar-refractivity contribution is -0.437. The summed E-state index contributed by atoms with van der Waals surface area (Å²) in [6.07, 6.45) is 11.5. The Labute approximate surface area is 379 Å². The average molecular weight is 917 g/mol. The average Bonchev–Trinajstić information content (AvgIpc) is 3.60. The van der Waals surface area contributed by atoms with Crippen molar-refractivity contribution in [2.75, 3.05) is 29.5 Å². The number of allylic oxidation sites excluding steroid dienone is 7. The molecule has 0 radical (unpaired) electrons. The molecule has 2 N–H and O–H groups in total. The first-order valence-electron chi connectivity index (χ1n) is 21.5. The molecule has 0 saturated carbocycles. The maximum atomic E-state index is 11.9. The number of carboxylic acids is 1. The predicted molar refractivity (Wildman–Crippen MR) is 257 cm³/mol. The summed E-state index contributed by atoms with van der Waals surface area (Å²) in [4.78, 5) is 15.9. The quantitative estimate of drug-likeness (QED) is 0.0812. The van der Waals surface area contributed by atoms with Gasteiger partial charge in [0, 0.05) is 63.0 Å². The molecule has 64 heavy (non-hydrogen) atoms. The standard InChI is InChI=1S/C51H52N2O8S3/c1-50(2)44(52(30-10-32-63(56,57)58)42-26-20-34-12-5-7-16-40(34)46(42)50)28-22-36-14-9-15-37(48(36)62-39-24-18-38(19-25-39)49(54)55)23-29-45-51(3,4)47-41-17-8-6-13-35(41)21-27-43(47)53(45)31-11-33-64(59,60)61/h5-8,12-13,16-29H,9-11,14-15,30-33H2,1-4H3,(H2-,54,55,56,57,58,59,60,61). The van der Waals surface area contributed by atoms with E-state index in [1.54, 1.807) is 23.9 Å². The molecule has 0 amide bonds. The van der Waals surface area contributed by atoms with Crippen LogP contribution in [-0.4, -0.2) is 71.9 Å². The Morgan fingerprint density at radius 3 is 2.09 bits per heavy atom. The van der Waals surface area contributed by atoms with E-state index in [2.05, 4.69) is 110 Å².